The average molecular weight is 610 g/mol. The summed E-state index contributed by atoms with van der Waals surface area (Å²) in [5, 5.41) is 11.2. The number of aromatic amines is 1. The van der Waals surface area contributed by atoms with Crippen molar-refractivity contribution in [3.05, 3.63) is 59.3 Å². The van der Waals surface area contributed by atoms with Crippen LogP contribution < -0.4 is 5.32 Å². The van der Waals surface area contributed by atoms with E-state index >= 15 is 0 Å². The van der Waals surface area contributed by atoms with E-state index < -0.39 is 12.1 Å². The Bertz CT molecular complexity index is 1620. The normalized spacial score (nSPS) is 23.4. The summed E-state index contributed by atoms with van der Waals surface area (Å²) in [7, 11) is 0. The molecule has 0 bridgehead atoms. The summed E-state index contributed by atoms with van der Waals surface area (Å²) >= 11 is 0. The number of aryl methyl sites for hydroxylation is 1. The summed E-state index contributed by atoms with van der Waals surface area (Å²) in [5.74, 6) is -0.295. The molecule has 2 aromatic carbocycles. The molecule has 0 saturated carbocycles. The number of hydrogen-bond acceptors (Lipinski definition) is 6. The smallest absolute Gasteiger partial charge is 0.324 e. The van der Waals surface area contributed by atoms with Crippen LogP contribution in [0.4, 0.5) is 10.5 Å². The van der Waals surface area contributed by atoms with E-state index in [-0.39, 0.29) is 23.7 Å². The van der Waals surface area contributed by atoms with E-state index in [1.807, 2.05) is 48.4 Å². The van der Waals surface area contributed by atoms with Gasteiger partial charge in [0.1, 0.15) is 6.04 Å². The molecule has 2 unspecified atom stereocenters. The molecule has 0 aliphatic carbocycles. The molecular weight excluding hydrogens is 566 g/mol. The molecule has 10 heteroatoms. The van der Waals surface area contributed by atoms with Gasteiger partial charge in [0.15, 0.2) is 0 Å². The first kappa shape index (κ1) is 29.6. The van der Waals surface area contributed by atoms with E-state index in [0.29, 0.717) is 44.9 Å². The van der Waals surface area contributed by atoms with Gasteiger partial charge in [0, 0.05) is 55.5 Å². The van der Waals surface area contributed by atoms with Crippen molar-refractivity contribution in [1.29, 1.82) is 0 Å². The van der Waals surface area contributed by atoms with Crippen LogP contribution in [0.1, 0.15) is 68.1 Å². The summed E-state index contributed by atoms with van der Waals surface area (Å²) in [6, 6.07) is 11.3. The molecule has 1 aromatic heterocycles. The lowest BCUT2D eigenvalue weighted by Gasteiger charge is -2.42. The van der Waals surface area contributed by atoms with Crippen LogP contribution in [-0.2, 0) is 21.4 Å². The van der Waals surface area contributed by atoms with Crippen molar-refractivity contribution in [1.82, 2.24) is 30.2 Å². The number of fused-ring (bicyclic) bond motifs is 3. The second-order valence-electron chi connectivity index (χ2n) is 13.4. The third-order valence-corrected chi connectivity index (χ3v) is 10.6. The molecule has 4 amide bonds. The number of carbonyl (C=O) groups excluding carboxylic acids is 3. The number of likely N-dealkylation sites (tertiary alicyclic amines) is 3. The highest BCUT2D eigenvalue weighted by atomic mass is 16.2. The predicted octanol–water partition coefficient (Wildman–Crippen LogP) is 4.64. The van der Waals surface area contributed by atoms with Crippen molar-refractivity contribution in [2.24, 2.45) is 4.99 Å². The Morgan fingerprint density at radius 3 is 2.67 bits per heavy atom. The number of hydrogen-bond donors (Lipinski definition) is 2. The Labute approximate surface area is 264 Å². The first-order valence-corrected chi connectivity index (χ1v) is 16.6. The van der Waals surface area contributed by atoms with Gasteiger partial charge < -0.3 is 15.1 Å². The summed E-state index contributed by atoms with van der Waals surface area (Å²) in [5.41, 5.74) is 4.57. The van der Waals surface area contributed by atoms with Crippen molar-refractivity contribution < 1.29 is 14.4 Å². The predicted molar refractivity (Wildman–Crippen MR) is 174 cm³/mol. The molecule has 3 aromatic rings. The number of carbonyl (C=O) groups is 3. The quantitative estimate of drug-likeness (QED) is 0.438. The highest BCUT2D eigenvalue weighted by molar-refractivity contribution is 5.98. The van der Waals surface area contributed by atoms with E-state index in [2.05, 4.69) is 31.5 Å². The number of urea groups is 1. The first-order chi connectivity index (χ1) is 21.9. The molecule has 5 heterocycles. The minimum Gasteiger partial charge on any atom is -0.341 e. The Kier molecular flexibility index (Phi) is 8.16. The lowest BCUT2D eigenvalue weighted by Crippen LogP contribution is -2.58. The van der Waals surface area contributed by atoms with Gasteiger partial charge in [-0.1, -0.05) is 30.7 Å². The van der Waals surface area contributed by atoms with Gasteiger partial charge >= 0.3 is 6.03 Å². The van der Waals surface area contributed by atoms with E-state index in [1.54, 1.807) is 6.20 Å². The molecular formula is C35H43N7O3. The van der Waals surface area contributed by atoms with Gasteiger partial charge in [0.05, 0.1) is 17.4 Å². The zero-order valence-electron chi connectivity index (χ0n) is 26.1. The number of benzene rings is 2. The van der Waals surface area contributed by atoms with Crippen LogP contribution in [0.25, 0.3) is 10.9 Å². The van der Waals surface area contributed by atoms with E-state index in [0.717, 1.165) is 59.2 Å². The van der Waals surface area contributed by atoms with Crippen LogP contribution in [0.15, 0.2) is 47.6 Å². The molecule has 2 N–H and O–H groups in total. The number of amides is 4. The zero-order chi connectivity index (χ0) is 31.0. The molecule has 7 rings (SSSR count). The van der Waals surface area contributed by atoms with Crippen molar-refractivity contribution in [3.63, 3.8) is 0 Å². The van der Waals surface area contributed by atoms with Crippen LogP contribution in [0.5, 0.6) is 0 Å². The molecule has 4 aliphatic rings. The fourth-order valence-corrected chi connectivity index (χ4v) is 8.05. The largest absolute Gasteiger partial charge is 0.341 e. The van der Waals surface area contributed by atoms with Gasteiger partial charge in [-0.2, -0.15) is 5.10 Å². The molecule has 3 fully saturated rings. The molecule has 2 atom stereocenters. The van der Waals surface area contributed by atoms with Crippen molar-refractivity contribution in [2.45, 2.75) is 82.2 Å². The first-order valence-electron chi connectivity index (χ1n) is 16.6. The van der Waals surface area contributed by atoms with Crippen LogP contribution in [0.3, 0.4) is 0 Å². The second kappa shape index (κ2) is 12.4. The van der Waals surface area contributed by atoms with Gasteiger partial charge in [-0.3, -0.25) is 24.6 Å². The molecule has 45 heavy (non-hydrogen) atoms. The Morgan fingerprint density at radius 2 is 1.87 bits per heavy atom. The van der Waals surface area contributed by atoms with Crippen LogP contribution in [-0.4, -0.2) is 93.8 Å². The topological polar surface area (TPSA) is 114 Å². The molecule has 0 radical (unpaired) electrons. The van der Waals surface area contributed by atoms with Crippen molar-refractivity contribution in [3.8, 4) is 0 Å². The molecule has 10 nitrogen and oxygen atoms in total. The maximum Gasteiger partial charge on any atom is 0.324 e. The number of piperidine rings is 3. The highest BCUT2D eigenvalue weighted by Gasteiger charge is 2.44. The van der Waals surface area contributed by atoms with Gasteiger partial charge in [-0.25, -0.2) is 4.79 Å². The number of imide groups is 1. The van der Waals surface area contributed by atoms with Gasteiger partial charge in [-0.15, -0.1) is 0 Å². The fraction of sp³-hybridized carbons (Fsp3) is 0.514. The second-order valence-corrected chi connectivity index (χ2v) is 13.4. The van der Waals surface area contributed by atoms with E-state index in [9.17, 15) is 14.4 Å². The molecule has 4 aliphatic heterocycles. The molecule has 236 valence electrons. The minimum absolute atomic E-state index is 0.0799. The van der Waals surface area contributed by atoms with Crippen molar-refractivity contribution in [2.75, 3.05) is 32.7 Å². The SMILES string of the molecule is Cc1cc(CC(NC(=O)N2CCC3(CC=Nc4ccccc43)CC2=O)C(=O)N2CCC(N3CCCCC3)CC2)cc2cn[nH]c12. The van der Waals surface area contributed by atoms with Gasteiger partial charge in [0.2, 0.25) is 11.8 Å². The molecule has 1 spiro atoms. The number of H-pyrrole nitrogens is 1. The highest BCUT2D eigenvalue weighted by Crippen LogP contribution is 2.45. The lowest BCUT2D eigenvalue weighted by molar-refractivity contribution is -0.136. The zero-order valence-corrected chi connectivity index (χ0v) is 26.1. The third-order valence-electron chi connectivity index (χ3n) is 10.6. The van der Waals surface area contributed by atoms with E-state index in [1.165, 1.54) is 24.2 Å². The summed E-state index contributed by atoms with van der Waals surface area (Å²) in [4.78, 5) is 51.9. The van der Waals surface area contributed by atoms with E-state index in [4.69, 9.17) is 0 Å². The van der Waals surface area contributed by atoms with Gasteiger partial charge in [0.25, 0.3) is 0 Å². The number of nitrogens with zero attached hydrogens (tertiary/aromatic N) is 5. The summed E-state index contributed by atoms with van der Waals surface area (Å²) in [6.07, 6.45) is 11.3. The number of rotatable bonds is 5. The maximum atomic E-state index is 14.1. The number of aliphatic imine (C=N–C) groups is 1. The van der Waals surface area contributed by atoms with Crippen molar-refractivity contribution >= 4 is 40.7 Å². The van der Waals surface area contributed by atoms with Gasteiger partial charge in [-0.05, 0) is 87.4 Å². The Morgan fingerprint density at radius 1 is 1.07 bits per heavy atom. The summed E-state index contributed by atoms with van der Waals surface area (Å²) in [6.45, 7) is 5.97. The number of aromatic nitrogens is 2. The minimum atomic E-state index is -0.779. The monoisotopic (exact) mass is 609 g/mol. The van der Waals surface area contributed by atoms with Crippen LogP contribution >= 0.6 is 0 Å². The van der Waals surface area contributed by atoms with Crippen LogP contribution in [0.2, 0.25) is 0 Å². The molecule has 3 saturated heterocycles. The lowest BCUT2D eigenvalue weighted by atomic mass is 9.69. The number of nitrogens with one attached hydrogen (secondary N) is 2. The average Bonchev–Trinajstić information content (AvgIpc) is 3.54. The number of para-hydroxylation sites is 1. The third kappa shape index (κ3) is 5.88. The summed E-state index contributed by atoms with van der Waals surface area (Å²) < 4.78 is 0. The fourth-order valence-electron chi connectivity index (χ4n) is 8.05. The Balaban J connectivity index is 1.07. The maximum absolute atomic E-state index is 14.1. The van der Waals surface area contributed by atoms with Crippen LogP contribution in [0, 0.1) is 6.92 Å². The standard InChI is InChI=1S/C35H43N7O3/c1-24-19-25(20-26-23-37-39-32(24)26)21-30(33(44)41-16-9-27(10-17-41)40-14-5-2-6-15-40)38-34(45)42-18-12-35(22-31(42)43)11-13-36-29-8-4-3-7-28(29)35/h3-4,7-8,13,19-20,23,27,30H,2,5-6,9-12,14-18,21-22H2,1H3,(H,37,39)(H,38,45). The Hall–Kier alpha value is -4.05.